The van der Waals surface area contributed by atoms with Crippen molar-refractivity contribution in [2.24, 2.45) is 10.7 Å². The van der Waals surface area contributed by atoms with Gasteiger partial charge in [0.05, 0.1) is 6.54 Å². The molecule has 1 aromatic heterocycles. The molecule has 0 saturated heterocycles. The Bertz CT molecular complexity index is 806. The molecule has 1 aromatic carbocycles. The highest BCUT2D eigenvalue weighted by atomic mass is 32.1. The van der Waals surface area contributed by atoms with Gasteiger partial charge in [0.1, 0.15) is 0 Å². The van der Waals surface area contributed by atoms with E-state index in [-0.39, 0.29) is 5.41 Å². The van der Waals surface area contributed by atoms with Crippen molar-refractivity contribution in [3.8, 4) is 0 Å². The molecule has 0 saturated carbocycles. The number of nitrogens with zero attached hydrogens (tertiary/aromatic N) is 2. The Morgan fingerprint density at radius 3 is 2.76 bits per heavy atom. The van der Waals surface area contributed by atoms with E-state index in [1.165, 1.54) is 15.3 Å². The normalized spacial score (nSPS) is 23.0. The lowest BCUT2D eigenvalue weighted by Crippen LogP contribution is -2.35. The number of benzene rings is 1. The Labute approximate surface area is 153 Å². The van der Waals surface area contributed by atoms with Gasteiger partial charge >= 0.3 is 0 Å². The van der Waals surface area contributed by atoms with E-state index >= 15 is 0 Å². The van der Waals surface area contributed by atoms with E-state index in [2.05, 4.69) is 39.0 Å². The van der Waals surface area contributed by atoms with Crippen molar-refractivity contribution in [2.75, 3.05) is 0 Å². The summed E-state index contributed by atoms with van der Waals surface area (Å²) >= 11 is 1.90. The first-order valence-electron chi connectivity index (χ1n) is 8.87. The second-order valence-corrected chi connectivity index (χ2v) is 9.06. The van der Waals surface area contributed by atoms with Crippen molar-refractivity contribution in [1.82, 2.24) is 5.06 Å². The third kappa shape index (κ3) is 2.96. The van der Waals surface area contributed by atoms with Crippen LogP contribution in [0, 0.1) is 0 Å². The quantitative estimate of drug-likeness (QED) is 0.874. The Kier molecular flexibility index (Phi) is 3.89. The zero-order valence-electron chi connectivity index (χ0n) is 15.1. The summed E-state index contributed by atoms with van der Waals surface area (Å²) in [5.41, 5.74) is 8.12. The van der Waals surface area contributed by atoms with Gasteiger partial charge in [-0.1, -0.05) is 51.1 Å². The minimum atomic E-state index is -0.632. The van der Waals surface area contributed by atoms with E-state index in [0.717, 1.165) is 24.8 Å². The minimum absolute atomic E-state index is 0.140. The smallest absolute Gasteiger partial charge is 0.219 e. The van der Waals surface area contributed by atoms with E-state index in [1.807, 2.05) is 29.5 Å². The first-order valence-corrected chi connectivity index (χ1v) is 9.69. The second-order valence-electron chi connectivity index (χ2n) is 7.92. The van der Waals surface area contributed by atoms with Gasteiger partial charge in [0, 0.05) is 21.7 Å². The van der Waals surface area contributed by atoms with Gasteiger partial charge in [-0.15, -0.1) is 11.3 Å². The summed E-state index contributed by atoms with van der Waals surface area (Å²) in [7, 11) is 0. The van der Waals surface area contributed by atoms with Gasteiger partial charge in [-0.05, 0) is 29.9 Å². The number of guanidine groups is 1. The molecule has 5 heteroatoms. The lowest BCUT2D eigenvalue weighted by Gasteiger charge is -2.31. The number of hydrogen-bond donors (Lipinski definition) is 1. The summed E-state index contributed by atoms with van der Waals surface area (Å²) < 4.78 is 0. The fraction of sp³-hybridized carbons (Fsp3) is 0.450. The zero-order valence-corrected chi connectivity index (χ0v) is 15.9. The van der Waals surface area contributed by atoms with Gasteiger partial charge in [-0.2, -0.15) is 0 Å². The molecule has 0 amide bonds. The van der Waals surface area contributed by atoms with E-state index in [4.69, 9.17) is 15.6 Å². The molecule has 1 aliphatic carbocycles. The number of nitrogens with two attached hydrogens (primary N) is 1. The molecule has 0 fully saturated rings. The summed E-state index contributed by atoms with van der Waals surface area (Å²) in [6.07, 6.45) is 3.06. The maximum absolute atomic E-state index is 6.37. The lowest BCUT2D eigenvalue weighted by atomic mass is 9.88. The number of thiophene rings is 1. The van der Waals surface area contributed by atoms with E-state index in [0.29, 0.717) is 12.5 Å². The van der Waals surface area contributed by atoms with E-state index in [1.54, 1.807) is 5.06 Å². The molecule has 2 heterocycles. The third-order valence-electron chi connectivity index (χ3n) is 4.87. The van der Waals surface area contributed by atoms with Gasteiger partial charge in [-0.25, -0.2) is 14.9 Å². The highest BCUT2D eigenvalue weighted by molar-refractivity contribution is 7.12. The number of aryl methyl sites for hydroxylation is 1. The molecule has 4 rings (SSSR count). The number of hydroxylamine groups is 2. The summed E-state index contributed by atoms with van der Waals surface area (Å²) in [5.74, 6) is 0.472. The molecule has 132 valence electrons. The Morgan fingerprint density at radius 1 is 1.28 bits per heavy atom. The average Bonchev–Trinajstić information content (AvgIpc) is 3.12. The molecule has 1 unspecified atom stereocenters. The number of hydrogen-bond acceptors (Lipinski definition) is 5. The molecule has 1 aliphatic heterocycles. The van der Waals surface area contributed by atoms with Crippen LogP contribution in [0.5, 0.6) is 0 Å². The Morgan fingerprint density at radius 2 is 2.04 bits per heavy atom. The first kappa shape index (κ1) is 16.6. The Hall–Kier alpha value is -1.85. The molecular weight excluding hydrogens is 330 g/mol. The van der Waals surface area contributed by atoms with Crippen molar-refractivity contribution < 1.29 is 4.84 Å². The average molecular weight is 356 g/mol. The van der Waals surface area contributed by atoms with Crippen LogP contribution in [-0.2, 0) is 28.9 Å². The van der Waals surface area contributed by atoms with Crippen LogP contribution >= 0.6 is 11.3 Å². The van der Waals surface area contributed by atoms with Crippen molar-refractivity contribution in [3.05, 3.63) is 57.3 Å². The van der Waals surface area contributed by atoms with Crippen LogP contribution in [0.2, 0.25) is 0 Å². The SMILES string of the molecule is CC(C)(C)c1cc2c(s1)CCCC21N=C(N)N(Cc2ccccc2)O1. The fourth-order valence-corrected chi connectivity index (χ4v) is 4.82. The van der Waals surface area contributed by atoms with Crippen molar-refractivity contribution in [3.63, 3.8) is 0 Å². The predicted octanol–water partition coefficient (Wildman–Crippen LogP) is 4.30. The minimum Gasteiger partial charge on any atom is -0.368 e. The van der Waals surface area contributed by atoms with Crippen LogP contribution in [0.1, 0.15) is 54.5 Å². The van der Waals surface area contributed by atoms with Gasteiger partial charge in [-0.3, -0.25) is 0 Å². The highest BCUT2D eigenvalue weighted by Gasteiger charge is 2.46. The van der Waals surface area contributed by atoms with Crippen LogP contribution in [0.15, 0.2) is 41.4 Å². The molecule has 1 atom stereocenters. The molecule has 1 spiro atoms. The molecule has 0 bridgehead atoms. The zero-order chi connectivity index (χ0) is 17.7. The molecule has 25 heavy (non-hydrogen) atoms. The van der Waals surface area contributed by atoms with E-state index < -0.39 is 5.72 Å². The summed E-state index contributed by atoms with van der Waals surface area (Å²) in [5, 5.41) is 1.75. The van der Waals surface area contributed by atoms with Gasteiger partial charge in [0.25, 0.3) is 0 Å². The summed E-state index contributed by atoms with van der Waals surface area (Å²) in [6.45, 7) is 7.38. The van der Waals surface area contributed by atoms with Crippen LogP contribution in [0.3, 0.4) is 0 Å². The molecular formula is C20H25N3OS. The fourth-order valence-electron chi connectivity index (χ4n) is 3.50. The third-order valence-corrected chi connectivity index (χ3v) is 6.49. The molecule has 4 nitrogen and oxygen atoms in total. The van der Waals surface area contributed by atoms with Crippen LogP contribution < -0.4 is 5.73 Å². The van der Waals surface area contributed by atoms with Crippen LogP contribution in [0.25, 0.3) is 0 Å². The summed E-state index contributed by atoms with van der Waals surface area (Å²) in [4.78, 5) is 14.0. The van der Waals surface area contributed by atoms with Gasteiger partial charge in [0.15, 0.2) is 0 Å². The molecule has 2 aromatic rings. The Balaban J connectivity index is 1.65. The van der Waals surface area contributed by atoms with Crippen molar-refractivity contribution in [2.45, 2.75) is 57.7 Å². The van der Waals surface area contributed by atoms with Crippen LogP contribution in [0.4, 0.5) is 0 Å². The lowest BCUT2D eigenvalue weighted by molar-refractivity contribution is -0.196. The van der Waals surface area contributed by atoms with Gasteiger partial charge < -0.3 is 5.73 Å². The summed E-state index contributed by atoms with van der Waals surface area (Å²) in [6, 6.07) is 12.5. The number of aliphatic imine (C=N–C) groups is 1. The van der Waals surface area contributed by atoms with Crippen molar-refractivity contribution in [1.29, 1.82) is 0 Å². The van der Waals surface area contributed by atoms with E-state index in [9.17, 15) is 0 Å². The molecule has 2 aliphatic rings. The maximum Gasteiger partial charge on any atom is 0.219 e. The van der Waals surface area contributed by atoms with Crippen molar-refractivity contribution >= 4 is 17.3 Å². The monoisotopic (exact) mass is 355 g/mol. The molecule has 2 N–H and O–H groups in total. The largest absolute Gasteiger partial charge is 0.368 e. The first-order chi connectivity index (χ1) is 11.9. The molecule has 0 radical (unpaired) electrons. The van der Waals surface area contributed by atoms with Crippen LogP contribution in [-0.4, -0.2) is 11.0 Å². The number of fused-ring (bicyclic) bond motifs is 2. The number of rotatable bonds is 2. The predicted molar refractivity (Wildman–Crippen MR) is 102 cm³/mol. The topological polar surface area (TPSA) is 50.8 Å². The highest BCUT2D eigenvalue weighted by Crippen LogP contribution is 2.48. The maximum atomic E-state index is 6.37. The van der Waals surface area contributed by atoms with Gasteiger partial charge in [0.2, 0.25) is 11.7 Å². The standard InChI is InChI=1S/C20H25N3OS/c1-19(2,3)17-12-15-16(25-17)10-7-11-20(15)22-18(21)23(24-20)13-14-8-5-4-6-9-14/h4-6,8-9,12H,7,10-11,13H2,1-3H3,(H2,21,22). The second kappa shape index (κ2) is 5.85.